The van der Waals surface area contributed by atoms with Crippen molar-refractivity contribution >= 4 is 5.69 Å². The van der Waals surface area contributed by atoms with Crippen LogP contribution in [0.25, 0.3) is 0 Å². The summed E-state index contributed by atoms with van der Waals surface area (Å²) < 4.78 is 0. The molecule has 0 radical (unpaired) electrons. The molecule has 2 nitrogen and oxygen atoms in total. The number of rotatable bonds is 5. The summed E-state index contributed by atoms with van der Waals surface area (Å²) >= 11 is 0. The van der Waals surface area contributed by atoms with Crippen molar-refractivity contribution in [2.45, 2.75) is 52.5 Å². The van der Waals surface area contributed by atoms with E-state index in [1.54, 1.807) is 0 Å². The minimum Gasteiger partial charge on any atom is -0.371 e. The fourth-order valence-corrected chi connectivity index (χ4v) is 3.01. The van der Waals surface area contributed by atoms with Gasteiger partial charge in [0.1, 0.15) is 0 Å². The molecule has 0 saturated heterocycles. The van der Waals surface area contributed by atoms with Crippen LogP contribution in [0.15, 0.2) is 12.1 Å². The molecule has 1 heterocycles. The Morgan fingerprint density at radius 3 is 2.83 bits per heavy atom. The molecule has 2 heteroatoms. The first-order chi connectivity index (χ1) is 8.61. The summed E-state index contributed by atoms with van der Waals surface area (Å²) in [6, 6.07) is 4.95. The van der Waals surface area contributed by atoms with Crippen LogP contribution in [0.5, 0.6) is 0 Å². The van der Waals surface area contributed by atoms with Crippen molar-refractivity contribution < 1.29 is 0 Å². The van der Waals surface area contributed by atoms with Gasteiger partial charge in [-0.1, -0.05) is 25.5 Å². The highest BCUT2D eigenvalue weighted by molar-refractivity contribution is 5.64. The minimum absolute atomic E-state index is 0.250. The number of nitrogens with zero attached hydrogens (tertiary/aromatic N) is 1. The van der Waals surface area contributed by atoms with Crippen molar-refractivity contribution in [3.63, 3.8) is 0 Å². The van der Waals surface area contributed by atoms with Crippen molar-refractivity contribution in [2.75, 3.05) is 18.0 Å². The molecule has 0 aromatic heterocycles. The monoisotopic (exact) mass is 246 g/mol. The maximum absolute atomic E-state index is 5.90. The standard InChI is InChI=1S/C16H26N2/c1-4-5-7-18-8-6-15-11-14(10-13(3)17)9-12(2)16(15)18/h9,11,13H,4-8,10,17H2,1-3H3. The van der Waals surface area contributed by atoms with Crippen molar-refractivity contribution in [1.82, 2.24) is 0 Å². The first-order valence-electron chi connectivity index (χ1n) is 7.24. The molecule has 0 spiro atoms. The van der Waals surface area contributed by atoms with Gasteiger partial charge in [-0.3, -0.25) is 0 Å². The van der Waals surface area contributed by atoms with E-state index in [0.717, 1.165) is 6.42 Å². The summed E-state index contributed by atoms with van der Waals surface area (Å²) in [6.07, 6.45) is 4.75. The lowest BCUT2D eigenvalue weighted by molar-refractivity contribution is 0.735. The zero-order valence-corrected chi connectivity index (χ0v) is 12.0. The van der Waals surface area contributed by atoms with Gasteiger partial charge in [0.25, 0.3) is 0 Å². The van der Waals surface area contributed by atoms with Crippen molar-refractivity contribution in [1.29, 1.82) is 0 Å². The van der Waals surface area contributed by atoms with Crippen molar-refractivity contribution in [3.8, 4) is 0 Å². The summed E-state index contributed by atoms with van der Waals surface area (Å²) in [5.41, 5.74) is 11.8. The predicted octanol–water partition coefficient (Wildman–Crippen LogP) is 3.05. The predicted molar refractivity (Wildman–Crippen MR) is 79.4 cm³/mol. The van der Waals surface area contributed by atoms with E-state index in [2.05, 4.69) is 37.8 Å². The summed E-state index contributed by atoms with van der Waals surface area (Å²) in [7, 11) is 0. The molecule has 1 aliphatic rings. The zero-order valence-electron chi connectivity index (χ0n) is 12.0. The van der Waals surface area contributed by atoms with Gasteiger partial charge in [0.2, 0.25) is 0 Å². The third kappa shape index (κ3) is 2.86. The van der Waals surface area contributed by atoms with Gasteiger partial charge in [-0.2, -0.15) is 0 Å². The Labute approximate surface area is 111 Å². The van der Waals surface area contributed by atoms with Gasteiger partial charge < -0.3 is 10.6 Å². The molecule has 0 fully saturated rings. The second-order valence-electron chi connectivity index (χ2n) is 5.69. The van der Waals surface area contributed by atoms with Crippen LogP contribution in [0.4, 0.5) is 5.69 Å². The van der Waals surface area contributed by atoms with E-state index in [1.165, 1.54) is 54.7 Å². The average molecular weight is 246 g/mol. The molecule has 18 heavy (non-hydrogen) atoms. The Morgan fingerprint density at radius 1 is 1.39 bits per heavy atom. The molecule has 0 saturated carbocycles. The van der Waals surface area contributed by atoms with E-state index in [9.17, 15) is 0 Å². The first-order valence-corrected chi connectivity index (χ1v) is 7.24. The maximum atomic E-state index is 5.90. The number of unbranched alkanes of at least 4 members (excludes halogenated alkanes) is 1. The highest BCUT2D eigenvalue weighted by Crippen LogP contribution is 2.33. The SMILES string of the molecule is CCCCN1CCc2cc(CC(C)N)cc(C)c21. The Kier molecular flexibility index (Phi) is 4.28. The van der Waals surface area contributed by atoms with Crippen LogP contribution in [0.1, 0.15) is 43.4 Å². The lowest BCUT2D eigenvalue weighted by Crippen LogP contribution is -2.22. The van der Waals surface area contributed by atoms with E-state index >= 15 is 0 Å². The van der Waals surface area contributed by atoms with Crippen molar-refractivity contribution in [2.24, 2.45) is 5.73 Å². The van der Waals surface area contributed by atoms with E-state index in [0.29, 0.717) is 0 Å². The summed E-state index contributed by atoms with van der Waals surface area (Å²) in [5, 5.41) is 0. The van der Waals surface area contributed by atoms with Gasteiger partial charge in [0.15, 0.2) is 0 Å². The fraction of sp³-hybridized carbons (Fsp3) is 0.625. The summed E-state index contributed by atoms with van der Waals surface area (Å²) in [6.45, 7) is 8.98. The molecular formula is C16H26N2. The molecule has 2 rings (SSSR count). The van der Waals surface area contributed by atoms with Gasteiger partial charge >= 0.3 is 0 Å². The Morgan fingerprint density at radius 2 is 2.17 bits per heavy atom. The van der Waals surface area contributed by atoms with Crippen LogP contribution in [-0.2, 0) is 12.8 Å². The van der Waals surface area contributed by atoms with E-state index < -0.39 is 0 Å². The smallest absolute Gasteiger partial charge is 0.0429 e. The normalized spacial score (nSPS) is 15.9. The van der Waals surface area contributed by atoms with Gasteiger partial charge in [0, 0.05) is 24.8 Å². The third-order valence-corrected chi connectivity index (χ3v) is 3.75. The molecule has 0 bridgehead atoms. The minimum atomic E-state index is 0.250. The zero-order chi connectivity index (χ0) is 13.1. The Balaban J connectivity index is 2.20. The molecule has 0 amide bonds. The molecule has 1 atom stereocenters. The first kappa shape index (κ1) is 13.4. The maximum Gasteiger partial charge on any atom is 0.0429 e. The topological polar surface area (TPSA) is 29.3 Å². The van der Waals surface area contributed by atoms with Gasteiger partial charge in [0.05, 0.1) is 0 Å². The van der Waals surface area contributed by atoms with Crippen LogP contribution in [0, 0.1) is 6.92 Å². The van der Waals surface area contributed by atoms with E-state index in [1.807, 2.05) is 0 Å². The molecule has 0 aliphatic carbocycles. The number of nitrogens with two attached hydrogens (primary N) is 1. The lowest BCUT2D eigenvalue weighted by atomic mass is 9.99. The van der Waals surface area contributed by atoms with Crippen LogP contribution in [0.2, 0.25) is 0 Å². The highest BCUT2D eigenvalue weighted by atomic mass is 15.1. The molecule has 100 valence electrons. The second kappa shape index (κ2) is 5.75. The number of hydrogen-bond acceptors (Lipinski definition) is 2. The number of aryl methyl sites for hydroxylation is 1. The summed E-state index contributed by atoms with van der Waals surface area (Å²) in [5.74, 6) is 0. The van der Waals surface area contributed by atoms with Gasteiger partial charge in [-0.25, -0.2) is 0 Å². The lowest BCUT2D eigenvalue weighted by Gasteiger charge is -2.21. The highest BCUT2D eigenvalue weighted by Gasteiger charge is 2.21. The van der Waals surface area contributed by atoms with Crippen LogP contribution >= 0.6 is 0 Å². The molecule has 1 unspecified atom stereocenters. The largest absolute Gasteiger partial charge is 0.371 e. The number of anilines is 1. The molecule has 1 aromatic rings. The Bertz CT molecular complexity index is 410. The van der Waals surface area contributed by atoms with Gasteiger partial charge in [-0.15, -0.1) is 0 Å². The van der Waals surface area contributed by atoms with Crippen LogP contribution in [-0.4, -0.2) is 19.1 Å². The van der Waals surface area contributed by atoms with Gasteiger partial charge in [-0.05, 0) is 49.8 Å². The fourth-order valence-electron chi connectivity index (χ4n) is 3.01. The van der Waals surface area contributed by atoms with Crippen LogP contribution < -0.4 is 10.6 Å². The van der Waals surface area contributed by atoms with Crippen molar-refractivity contribution in [3.05, 3.63) is 28.8 Å². The molecule has 1 aromatic carbocycles. The molecule has 1 aliphatic heterocycles. The van der Waals surface area contributed by atoms with Crippen LogP contribution in [0.3, 0.4) is 0 Å². The average Bonchev–Trinajstić information content (AvgIpc) is 2.69. The number of fused-ring (bicyclic) bond motifs is 1. The van der Waals surface area contributed by atoms with E-state index in [4.69, 9.17) is 5.73 Å². The Hall–Kier alpha value is -1.02. The molecular weight excluding hydrogens is 220 g/mol. The number of hydrogen-bond donors (Lipinski definition) is 1. The molecule has 2 N–H and O–H groups in total. The third-order valence-electron chi connectivity index (χ3n) is 3.75. The summed E-state index contributed by atoms with van der Waals surface area (Å²) in [4.78, 5) is 2.56. The van der Waals surface area contributed by atoms with E-state index in [-0.39, 0.29) is 6.04 Å². The quantitative estimate of drug-likeness (QED) is 0.865. The number of benzene rings is 1. The second-order valence-corrected chi connectivity index (χ2v) is 5.69.